The van der Waals surface area contributed by atoms with Gasteiger partial charge < -0.3 is 10.1 Å². The molecule has 1 aromatic heterocycles. The molecular weight excluding hydrogens is 483 g/mol. The lowest BCUT2D eigenvalue weighted by molar-refractivity contribution is -0.118. The van der Waals surface area contributed by atoms with Gasteiger partial charge in [-0.3, -0.25) is 4.79 Å². The SMILES string of the molecule is Cc1cccc(OCC(=O)Nc2ccc(I)cc2-c2nc3ccccc3s2)c1. The van der Waals surface area contributed by atoms with Crippen LogP contribution in [0.2, 0.25) is 0 Å². The van der Waals surface area contributed by atoms with E-state index in [0.717, 1.165) is 35.6 Å². The smallest absolute Gasteiger partial charge is 0.262 e. The van der Waals surface area contributed by atoms with E-state index in [1.807, 2.05) is 67.6 Å². The maximum atomic E-state index is 12.5. The lowest BCUT2D eigenvalue weighted by atomic mass is 10.2. The molecule has 0 aliphatic heterocycles. The summed E-state index contributed by atoms with van der Waals surface area (Å²) in [5.74, 6) is 0.481. The van der Waals surface area contributed by atoms with Crippen LogP contribution >= 0.6 is 33.9 Å². The van der Waals surface area contributed by atoms with E-state index in [2.05, 4.69) is 34.0 Å². The summed E-state index contributed by atoms with van der Waals surface area (Å²) in [6.07, 6.45) is 0. The molecule has 0 fully saturated rings. The standard InChI is InChI=1S/C22H17IN2O2S/c1-14-5-4-6-16(11-14)27-13-21(26)24-18-10-9-15(23)12-17(18)22-25-19-7-2-3-8-20(19)28-22/h2-12H,13H2,1H3,(H,24,26). The summed E-state index contributed by atoms with van der Waals surface area (Å²) in [5.41, 5.74) is 3.70. The molecule has 0 radical (unpaired) electrons. The van der Waals surface area contributed by atoms with E-state index < -0.39 is 0 Å². The van der Waals surface area contributed by atoms with Gasteiger partial charge in [0, 0.05) is 9.13 Å². The fourth-order valence-electron chi connectivity index (χ4n) is 2.83. The van der Waals surface area contributed by atoms with Gasteiger partial charge in [0.1, 0.15) is 10.8 Å². The Balaban J connectivity index is 1.55. The minimum Gasteiger partial charge on any atom is -0.484 e. The first-order valence-corrected chi connectivity index (χ1v) is 10.6. The summed E-state index contributed by atoms with van der Waals surface area (Å²) in [4.78, 5) is 17.2. The zero-order valence-electron chi connectivity index (χ0n) is 15.1. The van der Waals surface area contributed by atoms with Crippen LogP contribution in [-0.2, 0) is 4.79 Å². The highest BCUT2D eigenvalue weighted by molar-refractivity contribution is 14.1. The minimum atomic E-state index is -0.204. The van der Waals surface area contributed by atoms with E-state index in [1.165, 1.54) is 0 Å². The zero-order chi connectivity index (χ0) is 19.5. The van der Waals surface area contributed by atoms with Gasteiger partial charge in [-0.25, -0.2) is 4.98 Å². The van der Waals surface area contributed by atoms with Crippen molar-refractivity contribution < 1.29 is 9.53 Å². The Hall–Kier alpha value is -2.45. The molecule has 6 heteroatoms. The van der Waals surface area contributed by atoms with Gasteiger partial charge in [-0.1, -0.05) is 24.3 Å². The molecule has 0 aliphatic rings. The number of para-hydroxylation sites is 1. The second-order valence-electron chi connectivity index (χ2n) is 6.33. The molecule has 0 aliphatic carbocycles. The molecule has 28 heavy (non-hydrogen) atoms. The average molecular weight is 500 g/mol. The molecule has 0 spiro atoms. The molecule has 0 saturated carbocycles. The van der Waals surface area contributed by atoms with Gasteiger partial charge in [-0.05, 0) is 77.5 Å². The number of fused-ring (bicyclic) bond motifs is 1. The lowest BCUT2D eigenvalue weighted by Gasteiger charge is -2.11. The molecule has 1 amide bonds. The van der Waals surface area contributed by atoms with Gasteiger partial charge >= 0.3 is 0 Å². The number of hydrogen-bond donors (Lipinski definition) is 1. The van der Waals surface area contributed by atoms with Gasteiger partial charge in [-0.15, -0.1) is 11.3 Å². The van der Waals surface area contributed by atoms with Crippen molar-refractivity contribution in [3.05, 3.63) is 75.9 Å². The average Bonchev–Trinajstić information content (AvgIpc) is 3.12. The van der Waals surface area contributed by atoms with Crippen molar-refractivity contribution in [2.75, 3.05) is 11.9 Å². The van der Waals surface area contributed by atoms with Crippen LogP contribution in [0.15, 0.2) is 66.7 Å². The van der Waals surface area contributed by atoms with Crippen LogP contribution in [0.25, 0.3) is 20.8 Å². The molecular formula is C22H17IN2O2S. The highest BCUT2D eigenvalue weighted by Crippen LogP contribution is 2.35. The highest BCUT2D eigenvalue weighted by Gasteiger charge is 2.14. The summed E-state index contributed by atoms with van der Waals surface area (Å²) in [6, 6.07) is 21.6. The van der Waals surface area contributed by atoms with Crippen LogP contribution in [0.5, 0.6) is 5.75 Å². The van der Waals surface area contributed by atoms with E-state index in [-0.39, 0.29) is 12.5 Å². The van der Waals surface area contributed by atoms with Gasteiger partial charge in [0.15, 0.2) is 6.61 Å². The first-order valence-electron chi connectivity index (χ1n) is 8.73. The molecule has 140 valence electrons. The number of amides is 1. The number of rotatable bonds is 5. The van der Waals surface area contributed by atoms with E-state index >= 15 is 0 Å². The van der Waals surface area contributed by atoms with Crippen molar-refractivity contribution in [2.45, 2.75) is 6.92 Å². The summed E-state index contributed by atoms with van der Waals surface area (Å²) >= 11 is 3.88. The van der Waals surface area contributed by atoms with Crippen molar-refractivity contribution in [3.63, 3.8) is 0 Å². The Morgan fingerprint density at radius 1 is 1.11 bits per heavy atom. The number of nitrogens with zero attached hydrogens (tertiary/aromatic N) is 1. The third kappa shape index (κ3) is 4.34. The fraction of sp³-hybridized carbons (Fsp3) is 0.0909. The van der Waals surface area contributed by atoms with Crippen molar-refractivity contribution in [1.29, 1.82) is 0 Å². The normalized spacial score (nSPS) is 10.8. The van der Waals surface area contributed by atoms with Crippen LogP contribution in [0.3, 0.4) is 0 Å². The summed E-state index contributed by atoms with van der Waals surface area (Å²) in [7, 11) is 0. The second-order valence-corrected chi connectivity index (χ2v) is 8.61. The number of nitrogens with one attached hydrogen (secondary N) is 1. The van der Waals surface area contributed by atoms with Gasteiger partial charge in [-0.2, -0.15) is 0 Å². The molecule has 0 bridgehead atoms. The zero-order valence-corrected chi connectivity index (χ0v) is 18.1. The quantitative estimate of drug-likeness (QED) is 0.348. The second kappa shape index (κ2) is 8.28. The van der Waals surface area contributed by atoms with Crippen molar-refractivity contribution in [3.8, 4) is 16.3 Å². The molecule has 0 saturated heterocycles. The maximum Gasteiger partial charge on any atom is 0.262 e. The first-order chi connectivity index (χ1) is 13.6. The topological polar surface area (TPSA) is 51.2 Å². The van der Waals surface area contributed by atoms with E-state index in [1.54, 1.807) is 11.3 Å². The molecule has 0 unspecified atom stereocenters. The Labute approximate surface area is 180 Å². The predicted molar refractivity (Wildman–Crippen MR) is 123 cm³/mol. The van der Waals surface area contributed by atoms with Crippen molar-refractivity contribution in [2.24, 2.45) is 0 Å². The van der Waals surface area contributed by atoms with Crippen LogP contribution < -0.4 is 10.1 Å². The number of thiazole rings is 1. The summed E-state index contributed by atoms with van der Waals surface area (Å²) < 4.78 is 7.82. The maximum absolute atomic E-state index is 12.5. The fourth-order valence-corrected chi connectivity index (χ4v) is 4.32. The van der Waals surface area contributed by atoms with E-state index in [9.17, 15) is 4.79 Å². The molecule has 3 aromatic carbocycles. The predicted octanol–water partition coefficient (Wildman–Crippen LogP) is 5.89. The number of aromatic nitrogens is 1. The lowest BCUT2D eigenvalue weighted by Crippen LogP contribution is -2.20. The molecule has 4 aromatic rings. The van der Waals surface area contributed by atoms with Crippen molar-refractivity contribution in [1.82, 2.24) is 4.98 Å². The number of halogens is 1. The molecule has 0 atom stereocenters. The number of carbonyl (C=O) groups is 1. The monoisotopic (exact) mass is 500 g/mol. The third-order valence-corrected chi connectivity index (χ3v) is 5.88. The Morgan fingerprint density at radius 2 is 1.96 bits per heavy atom. The Bertz CT molecular complexity index is 1120. The Kier molecular flexibility index (Phi) is 5.59. The van der Waals surface area contributed by atoms with Gasteiger partial charge in [0.25, 0.3) is 5.91 Å². The van der Waals surface area contributed by atoms with Crippen LogP contribution in [0, 0.1) is 10.5 Å². The van der Waals surface area contributed by atoms with Crippen LogP contribution in [-0.4, -0.2) is 17.5 Å². The van der Waals surface area contributed by atoms with E-state index in [0.29, 0.717) is 5.75 Å². The number of benzene rings is 3. The first kappa shape index (κ1) is 18.9. The molecule has 4 nitrogen and oxygen atoms in total. The summed E-state index contributed by atoms with van der Waals surface area (Å²) in [5, 5.41) is 3.85. The number of ether oxygens (including phenoxy) is 1. The van der Waals surface area contributed by atoms with Gasteiger partial charge in [0.2, 0.25) is 0 Å². The van der Waals surface area contributed by atoms with Crippen molar-refractivity contribution >= 4 is 55.7 Å². The number of aryl methyl sites for hydroxylation is 1. The van der Waals surface area contributed by atoms with Crippen LogP contribution in [0.4, 0.5) is 5.69 Å². The minimum absolute atomic E-state index is 0.0469. The summed E-state index contributed by atoms with van der Waals surface area (Å²) in [6.45, 7) is 1.94. The number of hydrogen-bond acceptors (Lipinski definition) is 4. The van der Waals surface area contributed by atoms with Crippen LogP contribution in [0.1, 0.15) is 5.56 Å². The molecule has 1 heterocycles. The highest BCUT2D eigenvalue weighted by atomic mass is 127. The largest absolute Gasteiger partial charge is 0.484 e. The third-order valence-electron chi connectivity index (χ3n) is 4.14. The number of carbonyl (C=O) groups excluding carboxylic acids is 1. The van der Waals surface area contributed by atoms with E-state index in [4.69, 9.17) is 9.72 Å². The number of anilines is 1. The molecule has 4 rings (SSSR count). The molecule has 1 N–H and O–H groups in total. The Morgan fingerprint density at radius 3 is 2.79 bits per heavy atom. The van der Waals surface area contributed by atoms with Gasteiger partial charge in [0.05, 0.1) is 15.9 Å².